The first kappa shape index (κ1) is 11.6. The summed E-state index contributed by atoms with van der Waals surface area (Å²) in [5.74, 6) is 0. The standard InChI is InChI=1S/C15H18N2/c1-17(2)15-7-5-13(6-8-15)3-4-14-9-11-16-12-10-14/h3-5,7,9-12H,6,8H2,1-2H3/b4-3+. The number of hydrogen-bond donors (Lipinski definition) is 0. The van der Waals surface area contributed by atoms with Crippen LogP contribution in [0.4, 0.5) is 0 Å². The molecule has 0 N–H and O–H groups in total. The lowest BCUT2D eigenvalue weighted by Gasteiger charge is -2.20. The lowest BCUT2D eigenvalue weighted by atomic mass is 10.0. The minimum Gasteiger partial charge on any atom is -0.381 e. The van der Waals surface area contributed by atoms with Crippen LogP contribution in [-0.2, 0) is 0 Å². The summed E-state index contributed by atoms with van der Waals surface area (Å²) in [6, 6.07) is 4.03. The van der Waals surface area contributed by atoms with Gasteiger partial charge in [0.25, 0.3) is 0 Å². The second kappa shape index (κ2) is 5.48. The summed E-state index contributed by atoms with van der Waals surface area (Å²) in [6.07, 6.45) is 14.6. The van der Waals surface area contributed by atoms with E-state index in [1.165, 1.54) is 16.8 Å². The van der Waals surface area contributed by atoms with E-state index in [1.54, 1.807) is 0 Å². The third-order valence-electron chi connectivity index (χ3n) is 2.93. The first-order valence-corrected chi connectivity index (χ1v) is 5.91. The number of allylic oxidation sites excluding steroid dienone is 5. The van der Waals surface area contributed by atoms with E-state index in [0.717, 1.165) is 12.8 Å². The summed E-state index contributed by atoms with van der Waals surface area (Å²) in [7, 11) is 4.19. The first-order valence-electron chi connectivity index (χ1n) is 5.91. The first-order chi connectivity index (χ1) is 8.25. The average Bonchev–Trinajstić information content (AvgIpc) is 2.38. The molecule has 0 atom stereocenters. The van der Waals surface area contributed by atoms with Gasteiger partial charge < -0.3 is 4.90 Å². The van der Waals surface area contributed by atoms with Gasteiger partial charge in [-0.05, 0) is 42.2 Å². The van der Waals surface area contributed by atoms with Gasteiger partial charge in [0.05, 0.1) is 0 Å². The summed E-state index contributed by atoms with van der Waals surface area (Å²) in [6.45, 7) is 0. The fourth-order valence-electron chi connectivity index (χ4n) is 1.83. The van der Waals surface area contributed by atoms with E-state index in [4.69, 9.17) is 0 Å². The molecule has 0 saturated heterocycles. The van der Waals surface area contributed by atoms with E-state index in [9.17, 15) is 0 Å². The van der Waals surface area contributed by atoms with Crippen molar-refractivity contribution in [1.29, 1.82) is 0 Å². The van der Waals surface area contributed by atoms with E-state index in [0.29, 0.717) is 0 Å². The molecule has 0 saturated carbocycles. The quantitative estimate of drug-likeness (QED) is 0.786. The van der Waals surface area contributed by atoms with Crippen LogP contribution in [0.2, 0.25) is 0 Å². The smallest absolute Gasteiger partial charge is 0.0273 e. The maximum Gasteiger partial charge on any atom is 0.0273 e. The van der Waals surface area contributed by atoms with Gasteiger partial charge in [-0.25, -0.2) is 0 Å². The number of rotatable bonds is 3. The molecule has 0 amide bonds. The Labute approximate surface area is 103 Å². The molecule has 2 rings (SSSR count). The van der Waals surface area contributed by atoms with E-state index in [-0.39, 0.29) is 0 Å². The Kier molecular flexibility index (Phi) is 3.76. The van der Waals surface area contributed by atoms with Crippen molar-refractivity contribution in [3.63, 3.8) is 0 Å². The third kappa shape index (κ3) is 3.31. The number of pyridine rings is 1. The molecule has 1 heterocycles. The zero-order valence-corrected chi connectivity index (χ0v) is 10.4. The number of nitrogens with zero attached hydrogens (tertiary/aromatic N) is 2. The highest BCUT2D eigenvalue weighted by Crippen LogP contribution is 2.21. The monoisotopic (exact) mass is 226 g/mol. The predicted octanol–water partition coefficient (Wildman–Crippen LogP) is 3.26. The Morgan fingerprint density at radius 1 is 1.06 bits per heavy atom. The van der Waals surface area contributed by atoms with Crippen LogP contribution >= 0.6 is 0 Å². The van der Waals surface area contributed by atoms with Crippen LogP contribution in [0.3, 0.4) is 0 Å². The topological polar surface area (TPSA) is 16.1 Å². The molecule has 1 aromatic rings. The summed E-state index contributed by atoms with van der Waals surface area (Å²) < 4.78 is 0. The van der Waals surface area contributed by atoms with Crippen molar-refractivity contribution < 1.29 is 0 Å². The van der Waals surface area contributed by atoms with Crippen LogP contribution in [0.1, 0.15) is 18.4 Å². The molecule has 0 unspecified atom stereocenters. The van der Waals surface area contributed by atoms with Gasteiger partial charge in [-0.1, -0.05) is 18.2 Å². The molecule has 17 heavy (non-hydrogen) atoms. The highest BCUT2D eigenvalue weighted by atomic mass is 15.1. The third-order valence-corrected chi connectivity index (χ3v) is 2.93. The Morgan fingerprint density at radius 2 is 1.82 bits per heavy atom. The molecule has 1 aromatic heterocycles. The Bertz CT molecular complexity index is 453. The van der Waals surface area contributed by atoms with Gasteiger partial charge in [0, 0.05) is 32.2 Å². The van der Waals surface area contributed by atoms with Crippen LogP contribution in [0.5, 0.6) is 0 Å². The maximum absolute atomic E-state index is 4.01. The summed E-state index contributed by atoms with van der Waals surface area (Å²) >= 11 is 0. The van der Waals surface area contributed by atoms with Crippen LogP contribution < -0.4 is 0 Å². The zero-order chi connectivity index (χ0) is 12.1. The molecule has 0 aromatic carbocycles. The fraction of sp³-hybridized carbons (Fsp3) is 0.267. The molecule has 88 valence electrons. The second-order valence-corrected chi connectivity index (χ2v) is 4.41. The molecule has 2 heteroatoms. The summed E-state index contributed by atoms with van der Waals surface area (Å²) in [5, 5.41) is 0. The van der Waals surface area contributed by atoms with Crippen molar-refractivity contribution in [2.75, 3.05) is 14.1 Å². The molecule has 0 radical (unpaired) electrons. The Balaban J connectivity index is 2.04. The Hall–Kier alpha value is -1.83. The number of hydrogen-bond acceptors (Lipinski definition) is 2. The van der Waals surface area contributed by atoms with Crippen LogP contribution in [0.25, 0.3) is 6.08 Å². The van der Waals surface area contributed by atoms with E-state index >= 15 is 0 Å². The minimum absolute atomic E-state index is 1.12. The molecular formula is C15H18N2. The largest absolute Gasteiger partial charge is 0.381 e. The maximum atomic E-state index is 4.01. The zero-order valence-electron chi connectivity index (χ0n) is 10.4. The van der Waals surface area contributed by atoms with Gasteiger partial charge in [-0.3, -0.25) is 4.98 Å². The molecule has 2 nitrogen and oxygen atoms in total. The normalized spacial score (nSPS) is 15.6. The van der Waals surface area contributed by atoms with Crippen molar-refractivity contribution in [1.82, 2.24) is 9.88 Å². The molecular weight excluding hydrogens is 208 g/mol. The van der Waals surface area contributed by atoms with Crippen LogP contribution in [0, 0.1) is 0 Å². The number of aromatic nitrogens is 1. The van der Waals surface area contributed by atoms with E-state index < -0.39 is 0 Å². The minimum atomic E-state index is 1.12. The summed E-state index contributed by atoms with van der Waals surface area (Å²) in [5.41, 5.74) is 3.97. The molecule has 0 bridgehead atoms. The summed E-state index contributed by atoms with van der Waals surface area (Å²) in [4.78, 5) is 6.19. The van der Waals surface area contributed by atoms with Gasteiger partial charge in [0.2, 0.25) is 0 Å². The molecule has 0 aliphatic heterocycles. The van der Waals surface area contributed by atoms with Crippen LogP contribution in [-0.4, -0.2) is 24.0 Å². The van der Waals surface area contributed by atoms with Gasteiger partial charge in [-0.2, -0.15) is 0 Å². The van der Waals surface area contributed by atoms with Gasteiger partial charge in [-0.15, -0.1) is 0 Å². The highest BCUT2D eigenvalue weighted by molar-refractivity contribution is 5.52. The van der Waals surface area contributed by atoms with Gasteiger partial charge >= 0.3 is 0 Å². The molecule has 0 spiro atoms. The van der Waals surface area contributed by atoms with Crippen molar-refractivity contribution >= 4 is 6.08 Å². The fourth-order valence-corrected chi connectivity index (χ4v) is 1.83. The van der Waals surface area contributed by atoms with Crippen molar-refractivity contribution in [2.45, 2.75) is 12.8 Å². The van der Waals surface area contributed by atoms with E-state index in [1.807, 2.05) is 24.5 Å². The highest BCUT2D eigenvalue weighted by Gasteiger charge is 2.05. The second-order valence-electron chi connectivity index (χ2n) is 4.41. The SMILES string of the molecule is CN(C)C1=CC=C(/C=C/c2ccncc2)CC1. The average molecular weight is 226 g/mol. The van der Waals surface area contributed by atoms with Crippen molar-refractivity contribution in [2.24, 2.45) is 0 Å². The predicted molar refractivity (Wildman–Crippen MR) is 72.4 cm³/mol. The molecule has 0 fully saturated rings. The van der Waals surface area contributed by atoms with Crippen molar-refractivity contribution in [3.05, 3.63) is 59.6 Å². The molecule has 1 aliphatic carbocycles. The van der Waals surface area contributed by atoms with Crippen LogP contribution in [0.15, 0.2) is 54.0 Å². The Morgan fingerprint density at radius 3 is 2.41 bits per heavy atom. The molecule has 1 aliphatic rings. The van der Waals surface area contributed by atoms with Gasteiger partial charge in [0.1, 0.15) is 0 Å². The van der Waals surface area contributed by atoms with Gasteiger partial charge in [0.15, 0.2) is 0 Å². The lowest BCUT2D eigenvalue weighted by molar-refractivity contribution is 0.484. The lowest BCUT2D eigenvalue weighted by Crippen LogP contribution is -2.12. The van der Waals surface area contributed by atoms with Crippen molar-refractivity contribution in [3.8, 4) is 0 Å². The van der Waals surface area contributed by atoms with E-state index in [2.05, 4.69) is 48.3 Å².